The summed E-state index contributed by atoms with van der Waals surface area (Å²) in [5, 5.41) is 3.82. The summed E-state index contributed by atoms with van der Waals surface area (Å²) >= 11 is 1.62. The number of thiazole rings is 1. The lowest BCUT2D eigenvalue weighted by atomic mass is 10.1. The second-order valence-electron chi connectivity index (χ2n) is 7.09. The van der Waals surface area contributed by atoms with Gasteiger partial charge in [-0.1, -0.05) is 42.5 Å². The molecule has 2 atom stereocenters. The molecule has 6 nitrogen and oxygen atoms in total. The predicted molar refractivity (Wildman–Crippen MR) is 113 cm³/mol. The van der Waals surface area contributed by atoms with Crippen molar-refractivity contribution < 1.29 is 14.3 Å². The number of ether oxygens (including phenoxy) is 1. The molecule has 0 saturated carbocycles. The average Bonchev–Trinajstić information content (AvgIpc) is 3.40. The normalized spacial score (nSPS) is 17.3. The van der Waals surface area contributed by atoms with Crippen LogP contribution in [-0.4, -0.2) is 41.6 Å². The molecule has 2 aromatic carbocycles. The van der Waals surface area contributed by atoms with Crippen molar-refractivity contribution in [2.75, 3.05) is 13.7 Å². The van der Waals surface area contributed by atoms with Crippen LogP contribution in [0.5, 0.6) is 0 Å². The van der Waals surface area contributed by atoms with E-state index in [9.17, 15) is 9.59 Å². The van der Waals surface area contributed by atoms with E-state index in [0.717, 1.165) is 33.6 Å². The molecule has 1 aliphatic heterocycles. The molecule has 2 amide bonds. The van der Waals surface area contributed by atoms with Crippen molar-refractivity contribution in [2.45, 2.75) is 31.3 Å². The molecular weight excluding hydrogens is 386 g/mol. The summed E-state index contributed by atoms with van der Waals surface area (Å²) in [7, 11) is 1.34. The number of rotatable bonds is 5. The van der Waals surface area contributed by atoms with Crippen LogP contribution in [0.4, 0.5) is 4.79 Å². The van der Waals surface area contributed by atoms with Gasteiger partial charge in [-0.3, -0.25) is 0 Å². The van der Waals surface area contributed by atoms with Crippen molar-refractivity contribution in [1.29, 1.82) is 0 Å². The van der Waals surface area contributed by atoms with Gasteiger partial charge in [-0.05, 0) is 30.5 Å². The molecule has 1 aliphatic rings. The molecular formula is C22H23N3O3S. The van der Waals surface area contributed by atoms with E-state index >= 15 is 0 Å². The molecule has 4 rings (SSSR count). The molecule has 1 saturated heterocycles. The first-order valence-corrected chi connectivity index (χ1v) is 10.5. The Balaban J connectivity index is 1.51. The van der Waals surface area contributed by atoms with Gasteiger partial charge >= 0.3 is 12.0 Å². The molecule has 0 aliphatic carbocycles. The zero-order valence-corrected chi connectivity index (χ0v) is 17.0. The summed E-state index contributed by atoms with van der Waals surface area (Å²) in [6, 6.07) is 16.6. The number of esters is 1. The van der Waals surface area contributed by atoms with E-state index in [0.29, 0.717) is 13.0 Å². The monoisotopic (exact) mass is 409 g/mol. The summed E-state index contributed by atoms with van der Waals surface area (Å²) in [5.74, 6) is -0.446. The van der Waals surface area contributed by atoms with Crippen molar-refractivity contribution in [3.8, 4) is 0 Å². The van der Waals surface area contributed by atoms with Crippen LogP contribution in [0, 0.1) is 0 Å². The highest BCUT2D eigenvalue weighted by atomic mass is 32.1. The second-order valence-corrected chi connectivity index (χ2v) is 8.15. The number of likely N-dealkylation sites (tertiary alicyclic amines) is 1. The topological polar surface area (TPSA) is 71.5 Å². The van der Waals surface area contributed by atoms with Gasteiger partial charge in [-0.15, -0.1) is 11.3 Å². The molecule has 1 aromatic heterocycles. The van der Waals surface area contributed by atoms with Crippen molar-refractivity contribution >= 4 is 33.6 Å². The maximum absolute atomic E-state index is 13.0. The quantitative estimate of drug-likeness (QED) is 0.648. The molecule has 0 radical (unpaired) electrons. The molecule has 1 N–H and O–H groups in total. The number of urea groups is 1. The number of nitrogens with one attached hydrogen (secondary N) is 1. The Hall–Kier alpha value is -2.93. The van der Waals surface area contributed by atoms with Crippen molar-refractivity contribution in [1.82, 2.24) is 15.2 Å². The number of carbonyl (C=O) groups is 2. The minimum absolute atomic E-state index is 0.0672. The largest absolute Gasteiger partial charge is 0.467 e. The smallest absolute Gasteiger partial charge is 0.328 e. The van der Waals surface area contributed by atoms with Gasteiger partial charge in [0, 0.05) is 13.0 Å². The SMILES string of the molecule is COC(=O)[C@H](Cc1ccccc1)NC(=O)N1CCC[C@@H]1c1nc2ccccc2s1. The van der Waals surface area contributed by atoms with Crippen LogP contribution in [0.2, 0.25) is 0 Å². The first-order chi connectivity index (χ1) is 14.2. The van der Waals surface area contributed by atoms with E-state index in [1.807, 2.05) is 54.6 Å². The van der Waals surface area contributed by atoms with Crippen LogP contribution in [0.3, 0.4) is 0 Å². The van der Waals surface area contributed by atoms with Gasteiger partial charge in [0.05, 0.1) is 23.4 Å². The number of para-hydroxylation sites is 1. The number of benzene rings is 2. The van der Waals surface area contributed by atoms with Crippen LogP contribution < -0.4 is 5.32 Å². The Kier molecular flexibility index (Phi) is 5.76. The molecule has 150 valence electrons. The predicted octanol–water partition coefficient (Wildman–Crippen LogP) is 3.93. The number of methoxy groups -OCH3 is 1. The van der Waals surface area contributed by atoms with Crippen LogP contribution >= 0.6 is 11.3 Å². The molecule has 0 bridgehead atoms. The fourth-order valence-corrected chi connectivity index (χ4v) is 4.83. The standard InChI is InChI=1S/C22H23N3O3S/c1-28-21(26)17(14-15-8-3-2-4-9-15)24-22(27)25-13-7-11-18(25)20-23-16-10-5-6-12-19(16)29-20/h2-6,8-10,12,17-18H,7,11,13-14H2,1H3,(H,24,27)/t17-,18+/m0/s1. The highest BCUT2D eigenvalue weighted by Crippen LogP contribution is 2.36. The minimum Gasteiger partial charge on any atom is -0.467 e. The highest BCUT2D eigenvalue weighted by Gasteiger charge is 2.34. The lowest BCUT2D eigenvalue weighted by Gasteiger charge is -2.26. The third-order valence-corrected chi connectivity index (χ3v) is 6.31. The molecule has 3 aromatic rings. The number of nitrogens with zero attached hydrogens (tertiary/aromatic N) is 2. The summed E-state index contributed by atoms with van der Waals surface area (Å²) in [5.41, 5.74) is 1.92. The van der Waals surface area contributed by atoms with Gasteiger partial charge < -0.3 is 15.0 Å². The van der Waals surface area contributed by atoms with E-state index < -0.39 is 12.0 Å². The summed E-state index contributed by atoms with van der Waals surface area (Å²) in [6.07, 6.45) is 2.17. The van der Waals surface area contributed by atoms with E-state index in [1.165, 1.54) is 7.11 Å². The average molecular weight is 410 g/mol. The highest BCUT2D eigenvalue weighted by molar-refractivity contribution is 7.18. The Labute approximate surface area is 173 Å². The molecule has 29 heavy (non-hydrogen) atoms. The Morgan fingerprint density at radius 1 is 1.21 bits per heavy atom. The maximum atomic E-state index is 13.0. The van der Waals surface area contributed by atoms with Crippen LogP contribution in [0.1, 0.15) is 29.5 Å². The number of carbonyl (C=O) groups excluding carboxylic acids is 2. The Morgan fingerprint density at radius 3 is 2.72 bits per heavy atom. The Bertz CT molecular complexity index is 972. The van der Waals surface area contributed by atoms with Gasteiger partial charge in [0.25, 0.3) is 0 Å². The molecule has 0 spiro atoms. The first kappa shape index (κ1) is 19.4. The van der Waals surface area contributed by atoms with Crippen molar-refractivity contribution in [3.05, 3.63) is 65.2 Å². The van der Waals surface area contributed by atoms with Crippen LogP contribution in [0.15, 0.2) is 54.6 Å². The summed E-state index contributed by atoms with van der Waals surface area (Å²) in [6.45, 7) is 0.644. The lowest BCUT2D eigenvalue weighted by Crippen LogP contribution is -2.49. The molecule has 0 unspecified atom stereocenters. The zero-order chi connectivity index (χ0) is 20.2. The number of aromatic nitrogens is 1. The van der Waals surface area contributed by atoms with Gasteiger partial charge in [0.15, 0.2) is 0 Å². The fourth-order valence-electron chi connectivity index (χ4n) is 3.72. The lowest BCUT2D eigenvalue weighted by molar-refractivity contribution is -0.142. The number of hydrogen-bond donors (Lipinski definition) is 1. The zero-order valence-electron chi connectivity index (χ0n) is 16.2. The van der Waals surface area contributed by atoms with E-state index in [2.05, 4.69) is 5.32 Å². The second kappa shape index (κ2) is 8.61. The molecule has 2 heterocycles. The first-order valence-electron chi connectivity index (χ1n) is 9.70. The van der Waals surface area contributed by atoms with E-state index in [-0.39, 0.29) is 12.1 Å². The minimum atomic E-state index is -0.730. The van der Waals surface area contributed by atoms with Crippen LogP contribution in [0.25, 0.3) is 10.2 Å². The number of hydrogen-bond acceptors (Lipinski definition) is 5. The van der Waals surface area contributed by atoms with Crippen molar-refractivity contribution in [2.24, 2.45) is 0 Å². The van der Waals surface area contributed by atoms with E-state index in [4.69, 9.17) is 9.72 Å². The maximum Gasteiger partial charge on any atom is 0.328 e. The van der Waals surface area contributed by atoms with Gasteiger partial charge in [0.2, 0.25) is 0 Å². The molecule has 1 fully saturated rings. The third kappa shape index (κ3) is 4.24. The van der Waals surface area contributed by atoms with Crippen LogP contribution in [-0.2, 0) is 16.0 Å². The Morgan fingerprint density at radius 2 is 1.97 bits per heavy atom. The number of fused-ring (bicyclic) bond motifs is 1. The van der Waals surface area contributed by atoms with Gasteiger partial charge in [-0.2, -0.15) is 0 Å². The third-order valence-electron chi connectivity index (χ3n) is 5.18. The van der Waals surface area contributed by atoms with Gasteiger partial charge in [0.1, 0.15) is 11.0 Å². The van der Waals surface area contributed by atoms with Crippen molar-refractivity contribution in [3.63, 3.8) is 0 Å². The number of amides is 2. The molecule has 7 heteroatoms. The summed E-state index contributed by atoms with van der Waals surface area (Å²) < 4.78 is 6.03. The van der Waals surface area contributed by atoms with E-state index in [1.54, 1.807) is 16.2 Å². The van der Waals surface area contributed by atoms with Gasteiger partial charge in [-0.25, -0.2) is 14.6 Å². The fraction of sp³-hybridized carbons (Fsp3) is 0.318. The summed E-state index contributed by atoms with van der Waals surface area (Å²) in [4.78, 5) is 31.8.